The summed E-state index contributed by atoms with van der Waals surface area (Å²) in [5.41, 5.74) is 4.44. The molecule has 21 heavy (non-hydrogen) atoms. The molecule has 0 fully saturated rings. The van der Waals surface area contributed by atoms with E-state index < -0.39 is 0 Å². The molecule has 2 N–H and O–H groups in total. The van der Waals surface area contributed by atoms with Gasteiger partial charge in [-0.25, -0.2) is 0 Å². The minimum absolute atomic E-state index is 0.279. The van der Waals surface area contributed by atoms with Crippen LogP contribution in [0.5, 0.6) is 5.75 Å². The molecule has 1 aromatic carbocycles. The number of hydrogen-bond acceptors (Lipinski definition) is 3. The molecule has 1 unspecified atom stereocenters. The molecule has 1 aliphatic rings. The van der Waals surface area contributed by atoms with Crippen LogP contribution in [0.4, 0.5) is 5.69 Å². The number of fused-ring (bicyclic) bond motifs is 1. The number of nitrogens with one attached hydrogen (secondary N) is 1. The van der Waals surface area contributed by atoms with E-state index in [4.69, 9.17) is 0 Å². The van der Waals surface area contributed by atoms with E-state index in [1.807, 2.05) is 31.3 Å². The third-order valence-electron chi connectivity index (χ3n) is 4.45. The van der Waals surface area contributed by atoms with Crippen molar-refractivity contribution >= 4 is 17.0 Å². The number of phenolic OH excluding ortho intramolecular Hbond substituents is 1. The first-order chi connectivity index (χ1) is 10.1. The molecule has 1 aliphatic carbocycles. The van der Waals surface area contributed by atoms with Crippen molar-refractivity contribution in [1.82, 2.24) is 0 Å². The monoisotopic (exact) mass is 301 g/mol. The Kier molecular flexibility index (Phi) is 3.94. The highest BCUT2D eigenvalue weighted by Crippen LogP contribution is 2.35. The summed E-state index contributed by atoms with van der Waals surface area (Å²) in [5, 5.41) is 13.6. The predicted octanol–water partition coefficient (Wildman–Crippen LogP) is 5.12. The second-order valence-corrected chi connectivity index (χ2v) is 7.24. The van der Waals surface area contributed by atoms with Gasteiger partial charge in [-0.3, -0.25) is 0 Å². The lowest BCUT2D eigenvalue weighted by Gasteiger charge is -2.17. The van der Waals surface area contributed by atoms with E-state index in [1.54, 1.807) is 10.4 Å². The molecule has 0 amide bonds. The van der Waals surface area contributed by atoms with Crippen molar-refractivity contribution < 1.29 is 5.11 Å². The fourth-order valence-corrected chi connectivity index (χ4v) is 4.28. The maximum Gasteiger partial charge on any atom is 0.123 e. The maximum absolute atomic E-state index is 10.1. The molecule has 0 radical (unpaired) electrons. The largest absolute Gasteiger partial charge is 0.507 e. The number of phenols is 1. The first-order valence-electron chi connectivity index (χ1n) is 7.73. The Morgan fingerprint density at radius 2 is 1.95 bits per heavy atom. The van der Waals surface area contributed by atoms with Crippen molar-refractivity contribution in [2.75, 3.05) is 5.32 Å². The van der Waals surface area contributed by atoms with Crippen molar-refractivity contribution in [3.63, 3.8) is 0 Å². The lowest BCUT2D eigenvalue weighted by molar-refractivity contribution is 0.467. The van der Waals surface area contributed by atoms with E-state index in [2.05, 4.69) is 24.4 Å². The van der Waals surface area contributed by atoms with Crippen molar-refractivity contribution in [3.05, 3.63) is 44.6 Å². The Balaban J connectivity index is 1.81. The van der Waals surface area contributed by atoms with Gasteiger partial charge in [-0.2, -0.15) is 0 Å². The van der Waals surface area contributed by atoms with Gasteiger partial charge in [-0.15, -0.1) is 11.3 Å². The molecular weight excluding hydrogens is 278 g/mol. The molecule has 2 aromatic rings. The predicted molar refractivity (Wildman–Crippen MR) is 90.6 cm³/mol. The molecule has 0 aliphatic heterocycles. The molecule has 0 saturated carbocycles. The van der Waals surface area contributed by atoms with E-state index in [0.717, 1.165) is 16.8 Å². The number of thiophene rings is 1. The summed E-state index contributed by atoms with van der Waals surface area (Å²) in [4.78, 5) is 2.98. The van der Waals surface area contributed by atoms with Gasteiger partial charge >= 0.3 is 0 Å². The lowest BCUT2D eigenvalue weighted by Crippen LogP contribution is -2.06. The van der Waals surface area contributed by atoms with Crippen LogP contribution >= 0.6 is 11.3 Å². The highest BCUT2D eigenvalue weighted by Gasteiger charge is 2.17. The van der Waals surface area contributed by atoms with Gasteiger partial charge in [0.25, 0.3) is 0 Å². The van der Waals surface area contributed by atoms with Gasteiger partial charge in [0.1, 0.15) is 5.75 Å². The zero-order valence-corrected chi connectivity index (χ0v) is 13.8. The Bertz CT molecular complexity index is 636. The standard InChI is InChI=1S/C18H23NOS/c1-11-8-9-15(12(2)18(11)20)19-13(3)17-10-14-6-4-5-7-16(14)21-17/h8-10,13,19-20H,4-7H2,1-3H3. The summed E-state index contributed by atoms with van der Waals surface area (Å²) >= 11 is 1.95. The number of benzene rings is 1. The SMILES string of the molecule is Cc1ccc(NC(C)c2cc3c(s2)CCCC3)c(C)c1O. The molecular formula is C18H23NOS. The van der Waals surface area contributed by atoms with Crippen LogP contribution in [0.1, 0.15) is 52.3 Å². The van der Waals surface area contributed by atoms with Crippen LogP contribution in [0.3, 0.4) is 0 Å². The number of anilines is 1. The fraction of sp³-hybridized carbons (Fsp3) is 0.444. The summed E-state index contributed by atoms with van der Waals surface area (Å²) in [6.07, 6.45) is 5.15. The number of aromatic hydroxyl groups is 1. The van der Waals surface area contributed by atoms with Crippen LogP contribution in [-0.2, 0) is 12.8 Å². The fourth-order valence-electron chi connectivity index (χ4n) is 3.02. The average Bonchev–Trinajstić information content (AvgIpc) is 2.92. The van der Waals surface area contributed by atoms with Crippen LogP contribution in [0, 0.1) is 13.8 Å². The molecule has 3 heteroatoms. The van der Waals surface area contributed by atoms with Gasteiger partial charge in [-0.1, -0.05) is 6.07 Å². The number of hydrogen-bond donors (Lipinski definition) is 2. The van der Waals surface area contributed by atoms with Crippen molar-refractivity contribution in [3.8, 4) is 5.75 Å². The molecule has 0 bridgehead atoms. The summed E-state index contributed by atoms with van der Waals surface area (Å²) in [6, 6.07) is 6.69. The van der Waals surface area contributed by atoms with Crippen LogP contribution in [0.15, 0.2) is 18.2 Å². The molecule has 2 nitrogen and oxygen atoms in total. The lowest BCUT2D eigenvalue weighted by atomic mass is 9.99. The van der Waals surface area contributed by atoms with Crippen LogP contribution in [0.25, 0.3) is 0 Å². The summed E-state index contributed by atoms with van der Waals surface area (Å²) in [7, 11) is 0. The highest BCUT2D eigenvalue weighted by molar-refractivity contribution is 7.12. The van der Waals surface area contributed by atoms with Crippen LogP contribution in [-0.4, -0.2) is 5.11 Å². The zero-order chi connectivity index (χ0) is 15.0. The number of aryl methyl sites for hydroxylation is 3. The molecule has 0 saturated heterocycles. The topological polar surface area (TPSA) is 32.3 Å². The van der Waals surface area contributed by atoms with Crippen LogP contribution < -0.4 is 5.32 Å². The Morgan fingerprint density at radius 1 is 1.19 bits per heavy atom. The highest BCUT2D eigenvalue weighted by atomic mass is 32.1. The minimum atomic E-state index is 0.279. The van der Waals surface area contributed by atoms with Gasteiger partial charge < -0.3 is 10.4 Å². The van der Waals surface area contributed by atoms with Crippen molar-refractivity contribution in [2.24, 2.45) is 0 Å². The Labute approximate surface area is 130 Å². The Hall–Kier alpha value is -1.48. The smallest absolute Gasteiger partial charge is 0.123 e. The molecule has 0 spiro atoms. The van der Waals surface area contributed by atoms with E-state index in [9.17, 15) is 5.11 Å². The third kappa shape index (κ3) is 2.80. The summed E-state index contributed by atoms with van der Waals surface area (Å²) in [5.74, 6) is 0.401. The average molecular weight is 301 g/mol. The third-order valence-corrected chi connectivity index (χ3v) is 5.87. The second kappa shape index (κ2) is 5.72. The summed E-state index contributed by atoms with van der Waals surface area (Å²) in [6.45, 7) is 6.10. The van der Waals surface area contributed by atoms with Gasteiger partial charge in [0.15, 0.2) is 0 Å². The van der Waals surface area contributed by atoms with E-state index in [-0.39, 0.29) is 6.04 Å². The molecule has 1 aromatic heterocycles. The van der Waals surface area contributed by atoms with Crippen molar-refractivity contribution in [2.45, 2.75) is 52.5 Å². The zero-order valence-electron chi connectivity index (χ0n) is 13.0. The maximum atomic E-state index is 10.1. The van der Waals surface area contributed by atoms with Gasteiger partial charge in [-0.05, 0) is 69.7 Å². The van der Waals surface area contributed by atoms with E-state index in [0.29, 0.717) is 5.75 Å². The molecule has 112 valence electrons. The van der Waals surface area contributed by atoms with E-state index in [1.165, 1.54) is 30.6 Å². The first kappa shape index (κ1) is 14.5. The summed E-state index contributed by atoms with van der Waals surface area (Å²) < 4.78 is 0. The minimum Gasteiger partial charge on any atom is -0.507 e. The molecule has 1 atom stereocenters. The normalized spacial score (nSPS) is 15.6. The second-order valence-electron chi connectivity index (χ2n) is 6.07. The molecule has 3 rings (SSSR count). The van der Waals surface area contributed by atoms with Crippen LogP contribution in [0.2, 0.25) is 0 Å². The van der Waals surface area contributed by atoms with Gasteiger partial charge in [0, 0.05) is 21.0 Å². The first-order valence-corrected chi connectivity index (χ1v) is 8.55. The quantitative estimate of drug-likeness (QED) is 0.824. The Morgan fingerprint density at radius 3 is 2.71 bits per heavy atom. The van der Waals surface area contributed by atoms with Gasteiger partial charge in [0.2, 0.25) is 0 Å². The van der Waals surface area contributed by atoms with Crippen molar-refractivity contribution in [1.29, 1.82) is 0 Å². The molecule has 1 heterocycles. The van der Waals surface area contributed by atoms with E-state index >= 15 is 0 Å². The van der Waals surface area contributed by atoms with Gasteiger partial charge in [0.05, 0.1) is 6.04 Å². The number of rotatable bonds is 3.